The second-order valence-electron chi connectivity index (χ2n) is 9.97. The van der Waals surface area contributed by atoms with Crippen molar-refractivity contribution in [2.45, 2.75) is 55.4 Å². The Labute approximate surface area is 210 Å². The van der Waals surface area contributed by atoms with Crippen LogP contribution < -0.4 is 0 Å². The van der Waals surface area contributed by atoms with Crippen LogP contribution in [-0.2, 0) is 0 Å². The summed E-state index contributed by atoms with van der Waals surface area (Å²) in [6.07, 6.45) is 4.57. The second kappa shape index (κ2) is 11.3. The van der Waals surface area contributed by atoms with Crippen molar-refractivity contribution in [3.63, 3.8) is 0 Å². The summed E-state index contributed by atoms with van der Waals surface area (Å²) in [5.41, 5.74) is 3.79. The molecule has 0 aromatic heterocycles. The summed E-state index contributed by atoms with van der Waals surface area (Å²) in [6.45, 7) is 16.9. The summed E-state index contributed by atoms with van der Waals surface area (Å²) < 4.78 is 2.99. The van der Waals surface area contributed by atoms with Crippen LogP contribution in [0.2, 0.25) is 0 Å². The Balaban J connectivity index is 2.47. The van der Waals surface area contributed by atoms with E-state index in [0.29, 0.717) is 0 Å². The van der Waals surface area contributed by atoms with E-state index < -0.39 is 34.1 Å². The quantitative estimate of drug-likeness (QED) is 0.240. The van der Waals surface area contributed by atoms with Gasteiger partial charge in [-0.05, 0) is 0 Å². The Morgan fingerprint density at radius 3 is 1.22 bits per heavy atom. The van der Waals surface area contributed by atoms with Crippen LogP contribution in [0.1, 0.15) is 87.2 Å². The van der Waals surface area contributed by atoms with Crippen LogP contribution >= 0.6 is 0 Å². The first-order valence-corrected chi connectivity index (χ1v) is 20.5. The number of hydrogen-bond acceptors (Lipinski definition) is 2. The van der Waals surface area contributed by atoms with Crippen LogP contribution in [-0.4, -0.2) is 45.7 Å². The van der Waals surface area contributed by atoms with Gasteiger partial charge in [0.05, 0.1) is 0 Å². The number of ketones is 2. The SMILES string of the molecule is CC(=O)c1ccccc1/C=C(\[Te][Te]/C(=C\c1ccccc1C(C)=O)C(C)(C)C)C(C)(C)C. The average Bonchev–Trinajstić information content (AvgIpc) is 2.68. The van der Waals surface area contributed by atoms with Crippen LogP contribution in [0.3, 0.4) is 0 Å². The van der Waals surface area contributed by atoms with E-state index in [-0.39, 0.29) is 22.4 Å². The van der Waals surface area contributed by atoms with Crippen molar-refractivity contribution in [2.75, 3.05) is 0 Å². The monoisotopic (exact) mass is 662 g/mol. The molecule has 0 atom stereocenters. The van der Waals surface area contributed by atoms with Gasteiger partial charge in [0.2, 0.25) is 0 Å². The molecule has 0 aliphatic carbocycles. The third-order valence-electron chi connectivity index (χ3n) is 4.95. The first-order valence-electron chi connectivity index (χ1n) is 10.8. The number of carbonyl (C=O) groups excluding carboxylic acids is 2. The molecule has 0 saturated heterocycles. The number of allylic oxidation sites excluding steroid dienone is 2. The topological polar surface area (TPSA) is 34.1 Å². The Bertz CT molecular complexity index is 962. The van der Waals surface area contributed by atoms with Crippen molar-refractivity contribution < 1.29 is 9.59 Å². The van der Waals surface area contributed by atoms with Gasteiger partial charge in [-0.2, -0.15) is 0 Å². The zero-order valence-corrected chi connectivity index (χ0v) is 25.1. The first kappa shape index (κ1) is 27.1. The van der Waals surface area contributed by atoms with Crippen LogP contribution in [0, 0.1) is 10.8 Å². The van der Waals surface area contributed by atoms with E-state index in [2.05, 4.69) is 65.8 Å². The maximum absolute atomic E-state index is 12.1. The van der Waals surface area contributed by atoms with E-state index >= 15 is 0 Å². The van der Waals surface area contributed by atoms with Crippen LogP contribution in [0.4, 0.5) is 0 Å². The number of Topliss-reactive ketones (excluding diaryl/α,β-unsaturated/α-hetero) is 2. The summed E-state index contributed by atoms with van der Waals surface area (Å²) >= 11 is -0.827. The molecule has 2 nitrogen and oxygen atoms in total. The van der Waals surface area contributed by atoms with Gasteiger partial charge in [0, 0.05) is 0 Å². The van der Waals surface area contributed by atoms with E-state index in [1.54, 1.807) is 13.8 Å². The second-order valence-corrected chi connectivity index (χ2v) is 19.8. The Morgan fingerprint density at radius 2 is 0.938 bits per heavy atom. The molecule has 4 heteroatoms. The molecule has 0 saturated carbocycles. The molecule has 0 spiro atoms. The summed E-state index contributed by atoms with van der Waals surface area (Å²) in [5.74, 6) is 0.219. The van der Waals surface area contributed by atoms with Gasteiger partial charge in [-0.25, -0.2) is 0 Å². The van der Waals surface area contributed by atoms with Gasteiger partial charge in [0.15, 0.2) is 0 Å². The standard InChI is InChI=1S/C28H34O2Te2/c1-19(29)23-15-11-9-13-21(23)17-25(27(3,4)5)31-32-26(28(6,7)8)18-22-14-10-12-16-24(22)20(2)30/h9-18H,1-8H3/b25-17-,26-18-. The van der Waals surface area contributed by atoms with E-state index in [0.717, 1.165) is 22.3 Å². The van der Waals surface area contributed by atoms with Crippen molar-refractivity contribution in [1.82, 2.24) is 0 Å². The van der Waals surface area contributed by atoms with Gasteiger partial charge in [-0.15, -0.1) is 0 Å². The van der Waals surface area contributed by atoms with Gasteiger partial charge in [-0.3, -0.25) is 0 Å². The number of carbonyl (C=O) groups is 2. The van der Waals surface area contributed by atoms with Crippen molar-refractivity contribution in [3.8, 4) is 0 Å². The zero-order valence-electron chi connectivity index (χ0n) is 20.4. The number of rotatable bonds is 7. The predicted molar refractivity (Wildman–Crippen MR) is 139 cm³/mol. The normalized spacial score (nSPS) is 13.2. The van der Waals surface area contributed by atoms with Crippen molar-refractivity contribution in [2.24, 2.45) is 10.8 Å². The van der Waals surface area contributed by atoms with Crippen LogP contribution in [0.5, 0.6) is 0 Å². The Hall–Kier alpha value is -1.16. The van der Waals surface area contributed by atoms with Crippen LogP contribution in [0.15, 0.2) is 55.8 Å². The molecule has 0 aliphatic rings. The first-order chi connectivity index (χ1) is 14.8. The third-order valence-corrected chi connectivity index (χ3v) is 18.9. The number of benzene rings is 2. The molecule has 2 aromatic rings. The van der Waals surface area contributed by atoms with Gasteiger partial charge in [0.25, 0.3) is 0 Å². The number of hydrogen-bond donors (Lipinski definition) is 0. The summed E-state index contributed by atoms with van der Waals surface area (Å²) in [6, 6.07) is 15.8. The fraction of sp³-hybridized carbons (Fsp3) is 0.357. The van der Waals surface area contributed by atoms with Gasteiger partial charge >= 0.3 is 212 Å². The van der Waals surface area contributed by atoms with Gasteiger partial charge in [-0.1, -0.05) is 0 Å². The van der Waals surface area contributed by atoms with Crippen molar-refractivity contribution in [3.05, 3.63) is 78.0 Å². The summed E-state index contributed by atoms with van der Waals surface area (Å²) in [4.78, 5) is 24.3. The maximum atomic E-state index is 12.1. The zero-order chi connectivity index (χ0) is 24.1. The minimum atomic E-state index is -0.413. The molecule has 0 heterocycles. The fourth-order valence-electron chi connectivity index (χ4n) is 2.99. The molecule has 32 heavy (non-hydrogen) atoms. The molecule has 0 fully saturated rings. The third kappa shape index (κ3) is 7.71. The molecular formula is C28H34O2Te2. The summed E-state index contributed by atoms with van der Waals surface area (Å²) in [5, 5.41) is 0. The van der Waals surface area contributed by atoms with E-state index in [9.17, 15) is 9.59 Å². The Morgan fingerprint density at radius 1 is 0.625 bits per heavy atom. The molecule has 0 unspecified atom stereocenters. The molecule has 0 amide bonds. The van der Waals surface area contributed by atoms with Gasteiger partial charge < -0.3 is 0 Å². The average molecular weight is 658 g/mol. The molecule has 2 rings (SSSR count). The Kier molecular flexibility index (Phi) is 9.57. The predicted octanol–water partition coefficient (Wildman–Crippen LogP) is 6.89. The molecule has 2 aromatic carbocycles. The van der Waals surface area contributed by atoms with E-state index in [1.165, 1.54) is 7.24 Å². The van der Waals surface area contributed by atoms with E-state index in [4.69, 9.17) is 0 Å². The van der Waals surface area contributed by atoms with Gasteiger partial charge in [0.1, 0.15) is 0 Å². The van der Waals surface area contributed by atoms with Crippen molar-refractivity contribution >= 4 is 57.8 Å². The van der Waals surface area contributed by atoms with Crippen molar-refractivity contribution in [1.29, 1.82) is 0 Å². The summed E-state index contributed by atoms with van der Waals surface area (Å²) in [7, 11) is 0. The fourth-order valence-corrected chi connectivity index (χ4v) is 20.8. The molecule has 0 aliphatic heterocycles. The molecule has 170 valence electrons. The minimum absolute atomic E-state index is 0.0667. The van der Waals surface area contributed by atoms with Crippen LogP contribution in [0.25, 0.3) is 12.2 Å². The molecule has 0 bridgehead atoms. The van der Waals surface area contributed by atoms with E-state index in [1.807, 2.05) is 36.4 Å². The molecule has 0 radical (unpaired) electrons. The molecule has 0 N–H and O–H groups in total. The molecular weight excluding hydrogens is 624 g/mol.